The first-order valence-electron chi connectivity index (χ1n) is 10.00. The van der Waals surface area contributed by atoms with Gasteiger partial charge >= 0.3 is 0 Å². The maximum Gasteiger partial charge on any atom is 0.244 e. The molecule has 0 bridgehead atoms. The van der Waals surface area contributed by atoms with E-state index < -0.39 is 34.3 Å². The van der Waals surface area contributed by atoms with Crippen LogP contribution in [-0.2, 0) is 26.2 Å². The largest absolute Gasteiger partial charge is 0.497 e. The number of ether oxygens (including phenoxy) is 1. The quantitative estimate of drug-likeness (QED) is 0.580. The molecule has 0 radical (unpaired) electrons. The van der Waals surface area contributed by atoms with Crippen molar-refractivity contribution in [2.24, 2.45) is 0 Å². The van der Waals surface area contributed by atoms with Crippen molar-refractivity contribution in [2.75, 3.05) is 30.8 Å². The lowest BCUT2D eigenvalue weighted by atomic mass is 10.1. The van der Waals surface area contributed by atoms with Gasteiger partial charge in [-0.1, -0.05) is 12.1 Å². The van der Waals surface area contributed by atoms with Crippen molar-refractivity contribution in [3.63, 3.8) is 0 Å². The van der Waals surface area contributed by atoms with Crippen molar-refractivity contribution in [1.82, 2.24) is 10.2 Å². The average Bonchev–Trinajstić information content (AvgIpc) is 2.76. The number of methoxy groups -OCH3 is 1. The Balaban J connectivity index is 2.35. The number of nitrogens with one attached hydrogen (secondary N) is 1. The highest BCUT2D eigenvalue weighted by atomic mass is 32.2. The van der Waals surface area contributed by atoms with E-state index >= 15 is 0 Å². The Labute approximate surface area is 188 Å². The average molecular weight is 466 g/mol. The molecule has 0 aliphatic carbocycles. The van der Waals surface area contributed by atoms with Crippen molar-refractivity contribution in [1.29, 1.82) is 0 Å². The lowest BCUT2D eigenvalue weighted by Crippen LogP contribution is -2.51. The number of sulfonamides is 1. The van der Waals surface area contributed by atoms with Crippen LogP contribution in [0.4, 0.5) is 10.1 Å². The Morgan fingerprint density at radius 1 is 1.09 bits per heavy atom. The standard InChI is InChI=1S/C22H28FN3O5S/c1-5-24-22(28)16(2)25(14-17-6-8-18(23)9-7-17)21(27)15-26(32(4,29)30)19-10-12-20(31-3)13-11-19/h6-13,16H,5,14-15H2,1-4H3,(H,24,28)/t16-/m0/s1. The minimum atomic E-state index is -3.81. The number of carbonyl (C=O) groups excluding carboxylic acids is 2. The van der Waals surface area contributed by atoms with Crippen LogP contribution >= 0.6 is 0 Å². The highest BCUT2D eigenvalue weighted by Crippen LogP contribution is 2.22. The Hall–Kier alpha value is -3.14. The number of amides is 2. The van der Waals surface area contributed by atoms with E-state index in [0.29, 0.717) is 17.9 Å². The first-order chi connectivity index (χ1) is 15.1. The Kier molecular flexibility index (Phi) is 8.59. The molecular weight excluding hydrogens is 437 g/mol. The van der Waals surface area contributed by atoms with Crippen LogP contribution in [0.3, 0.4) is 0 Å². The number of nitrogens with zero attached hydrogens (tertiary/aromatic N) is 2. The number of rotatable bonds is 10. The van der Waals surface area contributed by atoms with Crippen molar-refractivity contribution in [3.05, 3.63) is 59.9 Å². The maximum absolute atomic E-state index is 13.3. The van der Waals surface area contributed by atoms with Crippen molar-refractivity contribution in [2.45, 2.75) is 26.4 Å². The molecule has 0 saturated carbocycles. The molecule has 1 atom stereocenters. The van der Waals surface area contributed by atoms with Crippen LogP contribution in [0.25, 0.3) is 0 Å². The summed E-state index contributed by atoms with van der Waals surface area (Å²) in [7, 11) is -2.32. The van der Waals surface area contributed by atoms with Gasteiger partial charge in [0.15, 0.2) is 0 Å². The van der Waals surface area contributed by atoms with Crippen LogP contribution in [0.2, 0.25) is 0 Å². The van der Waals surface area contributed by atoms with Gasteiger partial charge in [-0.05, 0) is 55.8 Å². The van der Waals surface area contributed by atoms with Gasteiger partial charge in [0.2, 0.25) is 21.8 Å². The van der Waals surface area contributed by atoms with Gasteiger partial charge in [0.1, 0.15) is 24.2 Å². The van der Waals surface area contributed by atoms with Gasteiger partial charge in [0, 0.05) is 13.1 Å². The second-order valence-electron chi connectivity index (χ2n) is 7.19. The lowest BCUT2D eigenvalue weighted by molar-refractivity contribution is -0.139. The Bertz CT molecular complexity index is 1030. The topological polar surface area (TPSA) is 96.0 Å². The van der Waals surface area contributed by atoms with E-state index in [9.17, 15) is 22.4 Å². The molecule has 0 saturated heterocycles. The molecule has 0 spiro atoms. The molecule has 2 amide bonds. The number of halogens is 1. The smallest absolute Gasteiger partial charge is 0.244 e. The molecule has 174 valence electrons. The molecule has 0 unspecified atom stereocenters. The highest BCUT2D eigenvalue weighted by molar-refractivity contribution is 7.92. The molecule has 10 heteroatoms. The zero-order valence-electron chi connectivity index (χ0n) is 18.5. The first kappa shape index (κ1) is 25.1. The predicted octanol–water partition coefficient (Wildman–Crippen LogP) is 2.15. The minimum Gasteiger partial charge on any atom is -0.497 e. The highest BCUT2D eigenvalue weighted by Gasteiger charge is 2.29. The molecular formula is C22H28FN3O5S. The fraction of sp³-hybridized carbons (Fsp3) is 0.364. The van der Waals surface area contributed by atoms with Crippen LogP contribution in [0, 0.1) is 5.82 Å². The molecule has 8 nitrogen and oxygen atoms in total. The van der Waals surface area contributed by atoms with Gasteiger partial charge < -0.3 is 15.0 Å². The van der Waals surface area contributed by atoms with Crippen LogP contribution in [-0.4, -0.2) is 57.6 Å². The van der Waals surface area contributed by atoms with Gasteiger partial charge in [0.25, 0.3) is 0 Å². The van der Waals surface area contributed by atoms with Crippen LogP contribution < -0.4 is 14.4 Å². The Morgan fingerprint density at radius 3 is 2.19 bits per heavy atom. The van der Waals surface area contributed by atoms with Crippen LogP contribution in [0.15, 0.2) is 48.5 Å². The third kappa shape index (κ3) is 6.68. The molecule has 1 N–H and O–H groups in total. The van der Waals surface area contributed by atoms with E-state index in [-0.39, 0.29) is 18.1 Å². The SMILES string of the molecule is CCNC(=O)[C@H](C)N(Cc1ccc(F)cc1)C(=O)CN(c1ccc(OC)cc1)S(C)(=O)=O. The van der Waals surface area contributed by atoms with E-state index in [1.54, 1.807) is 26.0 Å². The minimum absolute atomic E-state index is 0.0115. The summed E-state index contributed by atoms with van der Waals surface area (Å²) in [5, 5.41) is 2.66. The number of likely N-dealkylation sites (N-methyl/N-ethyl adjacent to an activating group) is 1. The molecule has 2 rings (SSSR count). The third-order valence-electron chi connectivity index (χ3n) is 4.82. The molecule has 0 heterocycles. The summed E-state index contributed by atoms with van der Waals surface area (Å²) >= 11 is 0. The van der Waals surface area contributed by atoms with E-state index in [0.717, 1.165) is 10.6 Å². The van der Waals surface area contributed by atoms with Crippen molar-refractivity contribution >= 4 is 27.5 Å². The van der Waals surface area contributed by atoms with Crippen LogP contribution in [0.1, 0.15) is 19.4 Å². The summed E-state index contributed by atoms with van der Waals surface area (Å²) < 4.78 is 44.3. The number of carbonyl (C=O) groups is 2. The predicted molar refractivity (Wildman–Crippen MR) is 120 cm³/mol. The van der Waals surface area contributed by atoms with Gasteiger partial charge in [-0.3, -0.25) is 13.9 Å². The summed E-state index contributed by atoms with van der Waals surface area (Å²) in [4.78, 5) is 27.0. The second kappa shape index (κ2) is 10.9. The fourth-order valence-electron chi connectivity index (χ4n) is 3.05. The maximum atomic E-state index is 13.3. The van der Waals surface area contributed by atoms with E-state index in [1.807, 2.05) is 0 Å². The normalized spacial score (nSPS) is 12.0. The summed E-state index contributed by atoms with van der Waals surface area (Å²) in [6.07, 6.45) is 1.00. The molecule has 0 aliphatic rings. The zero-order valence-corrected chi connectivity index (χ0v) is 19.4. The number of hydrogen-bond acceptors (Lipinski definition) is 5. The van der Waals surface area contributed by atoms with Gasteiger partial charge in [0.05, 0.1) is 19.1 Å². The third-order valence-corrected chi connectivity index (χ3v) is 5.96. The molecule has 0 aliphatic heterocycles. The van der Waals surface area contributed by atoms with Gasteiger partial charge in [-0.2, -0.15) is 0 Å². The molecule has 32 heavy (non-hydrogen) atoms. The summed E-state index contributed by atoms with van der Waals surface area (Å²) in [6.45, 7) is 3.20. The first-order valence-corrected chi connectivity index (χ1v) is 11.8. The molecule has 0 fully saturated rings. The van der Waals surface area contributed by atoms with Gasteiger partial charge in [-0.15, -0.1) is 0 Å². The summed E-state index contributed by atoms with van der Waals surface area (Å²) in [6, 6.07) is 10.9. The van der Waals surface area contributed by atoms with Crippen molar-refractivity contribution in [3.8, 4) is 5.75 Å². The Morgan fingerprint density at radius 2 is 1.69 bits per heavy atom. The van der Waals surface area contributed by atoms with Crippen LogP contribution in [0.5, 0.6) is 5.75 Å². The fourth-order valence-corrected chi connectivity index (χ4v) is 3.90. The molecule has 2 aromatic rings. The molecule has 0 aromatic heterocycles. The van der Waals surface area contributed by atoms with E-state index in [4.69, 9.17) is 4.74 Å². The van der Waals surface area contributed by atoms with Crippen molar-refractivity contribution < 1.29 is 27.1 Å². The monoisotopic (exact) mass is 465 g/mol. The summed E-state index contributed by atoms with van der Waals surface area (Å²) in [5.74, 6) is -0.838. The van der Waals surface area contributed by atoms with E-state index in [2.05, 4.69) is 5.32 Å². The molecule has 2 aromatic carbocycles. The zero-order chi connectivity index (χ0) is 23.9. The second-order valence-corrected chi connectivity index (χ2v) is 9.09. The van der Waals surface area contributed by atoms with E-state index in [1.165, 1.54) is 48.4 Å². The summed E-state index contributed by atoms with van der Waals surface area (Å²) in [5.41, 5.74) is 0.889. The van der Waals surface area contributed by atoms with Gasteiger partial charge in [-0.25, -0.2) is 12.8 Å². The number of hydrogen-bond donors (Lipinski definition) is 1. The number of benzene rings is 2. The number of anilines is 1. The lowest BCUT2D eigenvalue weighted by Gasteiger charge is -2.31.